The van der Waals surface area contributed by atoms with Crippen LogP contribution in [0.2, 0.25) is 0 Å². The molecule has 0 fully saturated rings. The topological polar surface area (TPSA) is 84.1 Å². The fraction of sp³-hybridized carbons (Fsp3) is 0.300. The molecule has 0 N–H and O–H groups in total. The number of hydrogen-bond acceptors (Lipinski definition) is 7. The summed E-state index contributed by atoms with van der Waals surface area (Å²) in [4.78, 5) is 32.6. The number of allylic oxidation sites excluding steroid dienone is 1. The van der Waals surface area contributed by atoms with Crippen molar-refractivity contribution in [3.63, 3.8) is 0 Å². The van der Waals surface area contributed by atoms with Crippen LogP contribution in [-0.4, -0.2) is 35.9 Å². The van der Waals surface area contributed by atoms with Crippen LogP contribution in [0, 0.1) is 0 Å². The molecule has 1 aliphatic rings. The molecule has 0 bridgehead atoms. The van der Waals surface area contributed by atoms with Crippen molar-refractivity contribution in [3.8, 4) is 11.5 Å². The first kappa shape index (κ1) is 27.9. The molecular weight excluding hydrogens is 594 g/mol. The predicted octanol–water partition coefficient (Wildman–Crippen LogP) is 5.11. The van der Waals surface area contributed by atoms with Gasteiger partial charge in [0.15, 0.2) is 16.3 Å². The molecule has 1 aliphatic heterocycles. The summed E-state index contributed by atoms with van der Waals surface area (Å²) in [7, 11) is 3.10. The molecule has 0 radical (unpaired) electrons. The molecule has 0 saturated carbocycles. The van der Waals surface area contributed by atoms with Crippen molar-refractivity contribution in [2.45, 2.75) is 39.8 Å². The van der Waals surface area contributed by atoms with Crippen molar-refractivity contribution in [3.05, 3.63) is 89.2 Å². The highest BCUT2D eigenvalue weighted by Crippen LogP contribution is 2.40. The number of para-hydroxylation sites is 1. The van der Waals surface area contributed by atoms with E-state index in [0.29, 0.717) is 42.1 Å². The minimum atomic E-state index is -0.788. The average Bonchev–Trinajstić information content (AvgIpc) is 3.45. The van der Waals surface area contributed by atoms with Gasteiger partial charge in [-0.15, -0.1) is 0 Å². The lowest BCUT2D eigenvalue weighted by atomic mass is 9.95. The molecule has 0 amide bonds. The van der Waals surface area contributed by atoms with E-state index in [1.54, 1.807) is 44.8 Å². The molecule has 2 aromatic heterocycles. The zero-order chi connectivity index (χ0) is 28.7. The number of ether oxygens (including phenoxy) is 3. The van der Waals surface area contributed by atoms with Gasteiger partial charge in [-0.05, 0) is 57.5 Å². The predicted molar refractivity (Wildman–Crippen MR) is 160 cm³/mol. The monoisotopic (exact) mass is 623 g/mol. The van der Waals surface area contributed by atoms with Gasteiger partial charge in [-0.25, -0.2) is 9.79 Å². The van der Waals surface area contributed by atoms with E-state index in [2.05, 4.69) is 52.7 Å². The van der Waals surface area contributed by atoms with Crippen molar-refractivity contribution in [2.75, 3.05) is 20.8 Å². The second-order valence-electron chi connectivity index (χ2n) is 9.63. The van der Waals surface area contributed by atoms with E-state index in [0.717, 1.165) is 16.5 Å². The van der Waals surface area contributed by atoms with Gasteiger partial charge in [-0.1, -0.05) is 45.5 Å². The Morgan fingerprint density at radius 2 is 1.88 bits per heavy atom. The van der Waals surface area contributed by atoms with Crippen LogP contribution in [0.25, 0.3) is 17.0 Å². The molecule has 208 valence electrons. The molecule has 5 rings (SSSR count). The van der Waals surface area contributed by atoms with E-state index >= 15 is 0 Å². The van der Waals surface area contributed by atoms with Gasteiger partial charge in [0.1, 0.15) is 0 Å². The molecular formula is C30H30BrN3O5S. The lowest BCUT2D eigenvalue weighted by Gasteiger charge is -2.26. The normalized spacial score (nSPS) is 15.4. The Labute approximate surface area is 244 Å². The first-order valence-electron chi connectivity index (χ1n) is 12.9. The van der Waals surface area contributed by atoms with Gasteiger partial charge >= 0.3 is 5.97 Å². The van der Waals surface area contributed by atoms with Crippen LogP contribution in [0.15, 0.2) is 68.1 Å². The number of esters is 1. The fourth-order valence-corrected chi connectivity index (χ4v) is 6.66. The quantitative estimate of drug-likeness (QED) is 0.267. The molecule has 2 aromatic carbocycles. The Balaban J connectivity index is 1.79. The summed E-state index contributed by atoms with van der Waals surface area (Å²) in [6.45, 7) is 7.97. The van der Waals surface area contributed by atoms with E-state index in [9.17, 15) is 9.59 Å². The Kier molecular flexibility index (Phi) is 7.74. The minimum absolute atomic E-state index is 0.194. The second kappa shape index (κ2) is 11.1. The molecule has 40 heavy (non-hydrogen) atoms. The number of carbonyl (C=O) groups is 1. The highest BCUT2D eigenvalue weighted by Gasteiger charge is 2.35. The Morgan fingerprint density at radius 3 is 2.55 bits per heavy atom. The molecule has 8 nitrogen and oxygen atoms in total. The van der Waals surface area contributed by atoms with Crippen LogP contribution in [-0.2, 0) is 9.53 Å². The summed E-state index contributed by atoms with van der Waals surface area (Å²) in [6, 6.07) is 11.2. The first-order valence-corrected chi connectivity index (χ1v) is 14.5. The summed E-state index contributed by atoms with van der Waals surface area (Å²) in [5.74, 6) is 0.470. The maximum Gasteiger partial charge on any atom is 0.338 e. The zero-order valence-corrected chi connectivity index (χ0v) is 25.6. The standard InChI is InChI=1S/C30H30BrN3O5S/c1-7-39-29(36)26-17(4)32-30-34(27(26)20-13-23(37-5)24(38-6)14-21(20)31)28(35)25(40-30)12-18-15-33(16(2)3)22-11-9-8-10-19(18)22/h8-16,27H,7H2,1-6H3/b25-12-/t27-/m0/s1. The molecule has 3 heterocycles. The van der Waals surface area contributed by atoms with E-state index in [-0.39, 0.29) is 18.2 Å². The van der Waals surface area contributed by atoms with Gasteiger partial charge in [0.25, 0.3) is 5.56 Å². The van der Waals surface area contributed by atoms with Crippen molar-refractivity contribution in [1.29, 1.82) is 0 Å². The van der Waals surface area contributed by atoms with Crippen LogP contribution in [0.4, 0.5) is 0 Å². The molecule has 0 spiro atoms. The zero-order valence-electron chi connectivity index (χ0n) is 23.1. The van der Waals surface area contributed by atoms with Crippen LogP contribution in [0.1, 0.15) is 50.9 Å². The van der Waals surface area contributed by atoms with Gasteiger partial charge in [0.05, 0.1) is 42.7 Å². The van der Waals surface area contributed by atoms with Gasteiger partial charge < -0.3 is 18.8 Å². The van der Waals surface area contributed by atoms with Gasteiger partial charge in [-0.3, -0.25) is 9.36 Å². The number of benzene rings is 2. The molecule has 0 unspecified atom stereocenters. The fourth-order valence-electron chi connectivity index (χ4n) is 5.08. The maximum atomic E-state index is 14.1. The SMILES string of the molecule is CCOC(=O)C1=C(C)N=c2s/c(=C\c3cn(C(C)C)c4ccccc34)c(=O)n2[C@H]1c1cc(OC)c(OC)cc1Br. The van der Waals surface area contributed by atoms with Crippen LogP contribution >= 0.6 is 27.3 Å². The number of nitrogens with zero attached hydrogens (tertiary/aromatic N) is 3. The highest BCUT2D eigenvalue weighted by atomic mass is 79.9. The van der Waals surface area contributed by atoms with Crippen LogP contribution in [0.3, 0.4) is 0 Å². The minimum Gasteiger partial charge on any atom is -0.493 e. The summed E-state index contributed by atoms with van der Waals surface area (Å²) in [5.41, 5.74) is 3.24. The number of rotatable bonds is 7. The Hall–Kier alpha value is -3.63. The maximum absolute atomic E-state index is 14.1. The number of methoxy groups -OCH3 is 2. The molecule has 10 heteroatoms. The molecule has 0 aliphatic carbocycles. The van der Waals surface area contributed by atoms with E-state index in [1.807, 2.05) is 18.2 Å². The lowest BCUT2D eigenvalue weighted by molar-refractivity contribution is -0.139. The van der Waals surface area contributed by atoms with Gasteiger partial charge in [-0.2, -0.15) is 0 Å². The van der Waals surface area contributed by atoms with E-state index in [4.69, 9.17) is 19.2 Å². The third-order valence-electron chi connectivity index (χ3n) is 6.93. The van der Waals surface area contributed by atoms with Crippen molar-refractivity contribution >= 4 is 50.2 Å². The number of hydrogen-bond donors (Lipinski definition) is 0. The Bertz CT molecular complexity index is 1850. The number of aromatic nitrogens is 2. The molecule has 1 atom stereocenters. The third kappa shape index (κ3) is 4.69. The van der Waals surface area contributed by atoms with Gasteiger partial charge in [0.2, 0.25) is 0 Å². The number of thiazole rings is 1. The third-order valence-corrected chi connectivity index (χ3v) is 8.60. The van der Waals surface area contributed by atoms with Crippen molar-refractivity contribution in [1.82, 2.24) is 9.13 Å². The van der Waals surface area contributed by atoms with Crippen LogP contribution < -0.4 is 24.4 Å². The largest absolute Gasteiger partial charge is 0.493 e. The number of fused-ring (bicyclic) bond motifs is 2. The second-order valence-corrected chi connectivity index (χ2v) is 11.5. The average molecular weight is 625 g/mol. The summed E-state index contributed by atoms with van der Waals surface area (Å²) in [6.07, 6.45) is 3.99. The van der Waals surface area contributed by atoms with Crippen molar-refractivity contribution < 1.29 is 19.0 Å². The van der Waals surface area contributed by atoms with E-state index in [1.165, 1.54) is 11.3 Å². The van der Waals surface area contributed by atoms with E-state index < -0.39 is 12.0 Å². The van der Waals surface area contributed by atoms with Crippen LogP contribution in [0.5, 0.6) is 11.5 Å². The first-order chi connectivity index (χ1) is 19.2. The number of halogens is 1. The summed E-state index contributed by atoms with van der Waals surface area (Å²) < 4.78 is 21.4. The highest BCUT2D eigenvalue weighted by molar-refractivity contribution is 9.10. The smallest absolute Gasteiger partial charge is 0.338 e. The Morgan fingerprint density at radius 1 is 1.18 bits per heavy atom. The van der Waals surface area contributed by atoms with Crippen molar-refractivity contribution in [2.24, 2.45) is 4.99 Å². The summed E-state index contributed by atoms with van der Waals surface area (Å²) in [5, 5.41) is 1.06. The molecule has 0 saturated heterocycles. The van der Waals surface area contributed by atoms with Gasteiger partial charge in [0, 0.05) is 33.2 Å². The lowest BCUT2D eigenvalue weighted by Crippen LogP contribution is -2.40. The number of carbonyl (C=O) groups excluding carboxylic acids is 1. The molecule has 4 aromatic rings. The summed E-state index contributed by atoms with van der Waals surface area (Å²) >= 11 is 4.94.